The number of fused-ring (bicyclic) bond motifs is 6. The third-order valence-electron chi connectivity index (χ3n) is 7.04. The molecule has 0 unspecified atom stereocenters. The Morgan fingerprint density at radius 3 is 2.33 bits per heavy atom. The number of hydrogen-bond acceptors (Lipinski definition) is 3. The average Bonchev–Trinajstić information content (AvgIpc) is 3.47. The number of para-hydroxylation sites is 1. The Morgan fingerprint density at radius 1 is 0.750 bits per heavy atom. The second-order valence-electron chi connectivity index (χ2n) is 9.12. The van der Waals surface area contributed by atoms with E-state index in [1.54, 1.807) is 6.07 Å². The van der Waals surface area contributed by atoms with Crippen molar-refractivity contribution >= 4 is 43.9 Å². The lowest BCUT2D eigenvalue weighted by Gasteiger charge is -2.06. The second kappa shape index (κ2) is 7.56. The highest BCUT2D eigenvalue weighted by Gasteiger charge is 2.23. The van der Waals surface area contributed by atoms with E-state index in [0.717, 1.165) is 66.2 Å². The van der Waals surface area contributed by atoms with Crippen LogP contribution in [-0.2, 0) is 7.05 Å². The molecule has 4 aromatic carbocycles. The van der Waals surface area contributed by atoms with Crippen LogP contribution in [-0.4, -0.2) is 0 Å². The smallest absolute Gasteiger partial charge is 0.216 e. The number of nitrogens with zero attached hydrogens (tertiary/aromatic N) is 2. The summed E-state index contributed by atoms with van der Waals surface area (Å²) in [4.78, 5) is 0. The van der Waals surface area contributed by atoms with Gasteiger partial charge in [0.15, 0.2) is 6.17 Å². The van der Waals surface area contributed by atoms with Gasteiger partial charge in [-0.15, -0.1) is 0 Å². The third-order valence-corrected chi connectivity index (χ3v) is 7.04. The fraction of sp³-hybridized carbons (Fsp3) is 0.0625. The summed E-state index contributed by atoms with van der Waals surface area (Å²) in [5, 5.41) is 14.1. The summed E-state index contributed by atoms with van der Waals surface area (Å²) in [6, 6.07) is 30.1. The van der Waals surface area contributed by atoms with Gasteiger partial charge in [0.1, 0.15) is 30.8 Å². The monoisotopic (exact) mass is 466 g/mol. The maximum atomic E-state index is 10.0. The zero-order chi connectivity index (χ0) is 25.3. The predicted molar refractivity (Wildman–Crippen MR) is 142 cm³/mol. The molecule has 0 saturated carbocycles. The van der Waals surface area contributed by atoms with Crippen LogP contribution >= 0.6 is 0 Å². The fourth-order valence-electron chi connectivity index (χ4n) is 5.31. The van der Waals surface area contributed by atoms with Crippen LogP contribution in [0.2, 0.25) is 0 Å². The molecule has 0 radical (unpaired) electrons. The van der Waals surface area contributed by atoms with Crippen molar-refractivity contribution in [2.75, 3.05) is 0 Å². The van der Waals surface area contributed by atoms with Crippen LogP contribution in [0.15, 0.2) is 99.9 Å². The lowest BCUT2D eigenvalue weighted by Crippen LogP contribution is -2.30. The van der Waals surface area contributed by atoms with Gasteiger partial charge >= 0.3 is 0 Å². The third kappa shape index (κ3) is 2.84. The van der Waals surface area contributed by atoms with Gasteiger partial charge in [0.25, 0.3) is 0 Å². The molecule has 170 valence electrons. The molecule has 7 rings (SSSR count). The first-order valence-corrected chi connectivity index (χ1v) is 11.8. The summed E-state index contributed by atoms with van der Waals surface area (Å²) in [7, 11) is 1.89. The normalized spacial score (nSPS) is 12.0. The Bertz CT molecular complexity index is 2090. The number of furan rings is 2. The van der Waals surface area contributed by atoms with Crippen LogP contribution in [0.4, 0.5) is 0 Å². The first kappa shape index (κ1) is 19.4. The van der Waals surface area contributed by atoms with Crippen molar-refractivity contribution < 1.29 is 14.8 Å². The van der Waals surface area contributed by atoms with Crippen LogP contribution in [0, 0.1) is 18.3 Å². The summed E-state index contributed by atoms with van der Waals surface area (Å²) in [5.41, 5.74) is 8.08. The first-order valence-electron chi connectivity index (χ1n) is 12.3. The van der Waals surface area contributed by atoms with Crippen molar-refractivity contribution in [1.82, 2.24) is 0 Å². The molecule has 0 saturated heterocycles. The molecule has 3 aromatic heterocycles. The quantitative estimate of drug-likeness (QED) is 0.244. The molecule has 0 aliphatic heterocycles. The highest BCUT2D eigenvalue weighted by atomic mass is 16.3. The van der Waals surface area contributed by atoms with Gasteiger partial charge in [-0.1, -0.05) is 36.4 Å². The van der Waals surface area contributed by atoms with E-state index in [9.17, 15) is 5.26 Å². The number of aryl methyl sites for hydroxylation is 1. The molecule has 7 aromatic rings. The van der Waals surface area contributed by atoms with Crippen LogP contribution in [0.25, 0.3) is 66.3 Å². The maximum Gasteiger partial charge on any atom is 0.216 e. The van der Waals surface area contributed by atoms with E-state index in [4.69, 9.17) is 10.2 Å². The van der Waals surface area contributed by atoms with Gasteiger partial charge in [-0.2, -0.15) is 5.26 Å². The molecule has 0 aliphatic carbocycles. The number of aromatic nitrogens is 1. The molecule has 4 heteroatoms. The Hall–Kier alpha value is -4.88. The van der Waals surface area contributed by atoms with Crippen molar-refractivity contribution in [1.29, 1.82) is 5.26 Å². The minimum Gasteiger partial charge on any atom is -0.456 e. The molecule has 0 N–H and O–H groups in total. The molecule has 0 atom stereocenters. The average molecular weight is 467 g/mol. The van der Waals surface area contributed by atoms with Gasteiger partial charge in [0.05, 0.1) is 17.2 Å². The Kier molecular flexibility index (Phi) is 4.08. The largest absolute Gasteiger partial charge is 0.456 e. The summed E-state index contributed by atoms with van der Waals surface area (Å²) in [6.07, 6.45) is 0.414. The highest BCUT2D eigenvalue weighted by molar-refractivity contribution is 6.14. The van der Waals surface area contributed by atoms with E-state index < -0.39 is 0 Å². The molecule has 3 heterocycles. The lowest BCUT2D eigenvalue weighted by atomic mass is 9.95. The summed E-state index contributed by atoms with van der Waals surface area (Å²) in [5.74, 6) is 0. The Labute approximate surface area is 208 Å². The van der Waals surface area contributed by atoms with Crippen molar-refractivity contribution in [3.63, 3.8) is 0 Å². The first-order chi connectivity index (χ1) is 18.0. The van der Waals surface area contributed by atoms with Gasteiger partial charge < -0.3 is 8.83 Å². The summed E-state index contributed by atoms with van der Waals surface area (Å²) in [6.45, 7) is 2.05. The van der Waals surface area contributed by atoms with Gasteiger partial charge in [-0.25, -0.2) is 4.57 Å². The summed E-state index contributed by atoms with van der Waals surface area (Å²) < 4.78 is 22.9. The van der Waals surface area contributed by atoms with E-state index in [1.165, 1.54) is 0 Å². The molecular formula is C32H21N2O2+. The van der Waals surface area contributed by atoms with Crippen LogP contribution < -0.4 is 4.57 Å². The zero-order valence-corrected chi connectivity index (χ0v) is 19.8. The minimum absolute atomic E-state index is 0.414. The standard InChI is InChI=1S/C32H21N2O2/c1-19-10-13-24-25-15-12-21(18-33)30(32(25)36-31(24)29(19)26-8-5-6-16-34(26)2)20-11-14-23-22-7-3-4-9-27(22)35-28(23)17-20/h3-17H,1-2H3/q+1/i16D. The van der Waals surface area contributed by atoms with E-state index in [2.05, 4.69) is 37.3 Å². The van der Waals surface area contributed by atoms with Gasteiger partial charge in [-0.05, 0) is 54.4 Å². The lowest BCUT2D eigenvalue weighted by molar-refractivity contribution is -0.660. The van der Waals surface area contributed by atoms with Crippen molar-refractivity contribution in [3.8, 4) is 28.5 Å². The Balaban J connectivity index is 1.56. The molecule has 0 aliphatic rings. The number of hydrogen-bond donors (Lipinski definition) is 0. The van der Waals surface area contributed by atoms with E-state index in [0.29, 0.717) is 17.3 Å². The number of rotatable bonds is 2. The van der Waals surface area contributed by atoms with Crippen molar-refractivity contribution in [2.45, 2.75) is 6.92 Å². The van der Waals surface area contributed by atoms with E-state index in [1.807, 2.05) is 66.2 Å². The number of pyridine rings is 1. The molecule has 0 spiro atoms. The summed E-state index contributed by atoms with van der Waals surface area (Å²) >= 11 is 0. The predicted octanol–water partition coefficient (Wildman–Crippen LogP) is 7.82. The van der Waals surface area contributed by atoms with Crippen molar-refractivity contribution in [3.05, 3.63) is 102 Å². The van der Waals surface area contributed by atoms with Crippen molar-refractivity contribution in [2.24, 2.45) is 7.05 Å². The second-order valence-corrected chi connectivity index (χ2v) is 9.12. The molecule has 36 heavy (non-hydrogen) atoms. The molecule has 0 amide bonds. The molecule has 0 fully saturated rings. The van der Waals surface area contributed by atoms with Crippen LogP contribution in [0.1, 0.15) is 12.5 Å². The molecule has 4 nitrogen and oxygen atoms in total. The fourth-order valence-corrected chi connectivity index (χ4v) is 5.31. The van der Waals surface area contributed by atoms with Crippen LogP contribution in [0.3, 0.4) is 0 Å². The van der Waals surface area contributed by atoms with E-state index in [-0.39, 0.29) is 0 Å². The van der Waals surface area contributed by atoms with Gasteiger partial charge in [0.2, 0.25) is 5.69 Å². The molecule has 0 bridgehead atoms. The van der Waals surface area contributed by atoms with Crippen LogP contribution in [0.5, 0.6) is 0 Å². The Morgan fingerprint density at radius 2 is 1.47 bits per heavy atom. The SMILES string of the molecule is [2H]c1cccc(-c2c(C)ccc3c2oc2c(-c4ccc5c(c4)oc4ccccc45)c(C#N)ccc23)[n+]1C. The van der Waals surface area contributed by atoms with Gasteiger partial charge in [0, 0.05) is 39.2 Å². The molecular weight excluding hydrogens is 444 g/mol. The number of benzene rings is 4. The maximum absolute atomic E-state index is 10.0. The number of nitriles is 1. The minimum atomic E-state index is 0.414. The topological polar surface area (TPSA) is 54.0 Å². The van der Waals surface area contributed by atoms with E-state index >= 15 is 0 Å². The highest BCUT2D eigenvalue weighted by Crippen LogP contribution is 2.42. The van der Waals surface area contributed by atoms with Gasteiger partial charge in [-0.3, -0.25) is 0 Å². The zero-order valence-electron chi connectivity index (χ0n) is 20.8.